The van der Waals surface area contributed by atoms with E-state index >= 15 is 0 Å². The molecule has 0 saturated carbocycles. The maximum absolute atomic E-state index is 2.47. The average Bonchev–Trinajstić information content (AvgIpc) is 3.86. The normalized spacial score (nSPS) is 12.6. The summed E-state index contributed by atoms with van der Waals surface area (Å²) in [4.78, 5) is 2.45. The molecule has 1 aliphatic rings. The van der Waals surface area contributed by atoms with Crippen LogP contribution in [0.3, 0.4) is 0 Å². The largest absolute Gasteiger partial charge is 0.310 e. The Morgan fingerprint density at radius 2 is 0.825 bits per heavy atom. The summed E-state index contributed by atoms with van der Waals surface area (Å²) in [6, 6.07) is 93.3. The van der Waals surface area contributed by atoms with Crippen molar-refractivity contribution < 1.29 is 0 Å². The minimum Gasteiger partial charge on any atom is -0.310 e. The molecule has 11 aromatic rings. The molecule has 0 atom stereocenters. The molecule has 0 amide bonds. The molecule has 0 N–H and O–H groups in total. The summed E-state index contributed by atoms with van der Waals surface area (Å²) in [6.45, 7) is 0. The van der Waals surface area contributed by atoms with Crippen molar-refractivity contribution in [1.29, 1.82) is 0 Å². The number of nitrogens with zero attached hydrogens (tertiary/aromatic N) is 2. The van der Waals surface area contributed by atoms with Gasteiger partial charge in [-0.1, -0.05) is 194 Å². The topological polar surface area (TPSA) is 8.17 Å². The molecule has 0 spiro atoms. The van der Waals surface area contributed by atoms with Crippen LogP contribution in [0.15, 0.2) is 255 Å². The van der Waals surface area contributed by atoms with Gasteiger partial charge in [-0.2, -0.15) is 0 Å². The van der Waals surface area contributed by atoms with Crippen LogP contribution in [0.5, 0.6) is 0 Å². The lowest BCUT2D eigenvalue weighted by Crippen LogP contribution is -2.28. The molecule has 1 aromatic heterocycles. The van der Waals surface area contributed by atoms with Crippen molar-refractivity contribution in [3.63, 3.8) is 0 Å². The Morgan fingerprint density at radius 3 is 1.51 bits per heavy atom. The van der Waals surface area contributed by atoms with E-state index in [0.29, 0.717) is 0 Å². The van der Waals surface area contributed by atoms with E-state index in [9.17, 15) is 0 Å². The standard InChI is InChI=1S/C61H42N2/c1-6-19-43(20-7-1)44-33-35-49(36-34-44)62(50-38-40-58-55(41-50)60-52(45-21-8-2-9-22-45)30-18-32-59(60)63(58)48-27-14-5-15-28-48)51-37-39-54-53-29-16-17-31-56(53)61(57(54)42-51,46-23-10-3-11-24-46)47-25-12-4-13-26-47/h1-42H. The van der Waals surface area contributed by atoms with Crippen molar-refractivity contribution in [1.82, 2.24) is 4.57 Å². The molecule has 0 aliphatic heterocycles. The third kappa shape index (κ3) is 5.87. The van der Waals surface area contributed by atoms with Gasteiger partial charge in [-0.05, 0) is 116 Å². The predicted molar refractivity (Wildman–Crippen MR) is 264 cm³/mol. The number of aromatic nitrogens is 1. The summed E-state index contributed by atoms with van der Waals surface area (Å²) in [5, 5.41) is 2.44. The van der Waals surface area contributed by atoms with Crippen LogP contribution < -0.4 is 4.90 Å². The minimum atomic E-state index is -0.523. The van der Waals surface area contributed by atoms with Crippen LogP contribution >= 0.6 is 0 Å². The van der Waals surface area contributed by atoms with E-state index in [1.54, 1.807) is 0 Å². The average molecular weight is 803 g/mol. The van der Waals surface area contributed by atoms with Crippen LogP contribution in [0, 0.1) is 0 Å². The van der Waals surface area contributed by atoms with Crippen molar-refractivity contribution in [2.45, 2.75) is 5.41 Å². The van der Waals surface area contributed by atoms with Gasteiger partial charge in [0.25, 0.3) is 0 Å². The second kappa shape index (κ2) is 15.1. The number of benzene rings is 10. The molecular weight excluding hydrogens is 761 g/mol. The lowest BCUT2D eigenvalue weighted by molar-refractivity contribution is 0.768. The zero-order valence-corrected chi connectivity index (χ0v) is 34.6. The first-order valence-corrected chi connectivity index (χ1v) is 21.8. The van der Waals surface area contributed by atoms with Gasteiger partial charge in [-0.25, -0.2) is 0 Å². The molecule has 0 radical (unpaired) electrons. The van der Waals surface area contributed by atoms with Gasteiger partial charge >= 0.3 is 0 Å². The first-order valence-electron chi connectivity index (χ1n) is 21.8. The Hall–Kier alpha value is -8.20. The third-order valence-corrected chi connectivity index (χ3v) is 13.1. The molecule has 296 valence electrons. The molecule has 63 heavy (non-hydrogen) atoms. The van der Waals surface area contributed by atoms with Gasteiger partial charge in [-0.15, -0.1) is 0 Å². The van der Waals surface area contributed by atoms with E-state index in [0.717, 1.165) is 22.7 Å². The molecule has 2 heteroatoms. The zero-order valence-electron chi connectivity index (χ0n) is 34.6. The SMILES string of the molecule is c1ccc(-c2ccc(N(c3ccc4c(c3)C(c3ccccc3)(c3ccccc3)c3ccccc3-4)c3ccc4c(c3)c3c(-c5ccccc5)cccc3n4-c3ccccc3)cc2)cc1. The van der Waals surface area contributed by atoms with Gasteiger partial charge in [0.15, 0.2) is 0 Å². The first-order chi connectivity index (χ1) is 31.3. The van der Waals surface area contributed by atoms with Crippen molar-refractivity contribution in [2.24, 2.45) is 0 Å². The van der Waals surface area contributed by atoms with Crippen LogP contribution in [-0.2, 0) is 5.41 Å². The van der Waals surface area contributed by atoms with Crippen molar-refractivity contribution >= 4 is 38.9 Å². The second-order valence-electron chi connectivity index (χ2n) is 16.4. The van der Waals surface area contributed by atoms with Gasteiger partial charge in [0.1, 0.15) is 0 Å². The Labute approximate surface area is 368 Å². The molecule has 1 heterocycles. The molecule has 0 bridgehead atoms. The van der Waals surface area contributed by atoms with Crippen LogP contribution in [0.25, 0.3) is 60.9 Å². The molecule has 1 aliphatic carbocycles. The summed E-state index contributed by atoms with van der Waals surface area (Å²) >= 11 is 0. The highest BCUT2D eigenvalue weighted by atomic mass is 15.1. The first kappa shape index (κ1) is 36.6. The maximum Gasteiger partial charge on any atom is 0.0714 e. The molecule has 10 aromatic carbocycles. The van der Waals surface area contributed by atoms with E-state index < -0.39 is 5.41 Å². The summed E-state index contributed by atoms with van der Waals surface area (Å²) in [5.41, 5.74) is 18.6. The molecule has 0 unspecified atom stereocenters. The van der Waals surface area contributed by atoms with E-state index in [1.165, 1.54) is 77.4 Å². The van der Waals surface area contributed by atoms with Crippen molar-refractivity contribution in [3.8, 4) is 39.1 Å². The van der Waals surface area contributed by atoms with Gasteiger partial charge < -0.3 is 9.47 Å². The fraction of sp³-hybridized carbons (Fsp3) is 0.0164. The van der Waals surface area contributed by atoms with E-state index in [-0.39, 0.29) is 0 Å². The number of hydrogen-bond donors (Lipinski definition) is 0. The maximum atomic E-state index is 2.47. The number of hydrogen-bond acceptors (Lipinski definition) is 1. The van der Waals surface area contributed by atoms with Crippen LogP contribution in [0.2, 0.25) is 0 Å². The van der Waals surface area contributed by atoms with Gasteiger partial charge in [0.2, 0.25) is 0 Å². The van der Waals surface area contributed by atoms with Crippen LogP contribution in [-0.4, -0.2) is 4.57 Å². The Morgan fingerprint density at radius 1 is 0.317 bits per heavy atom. The minimum absolute atomic E-state index is 0.523. The molecule has 12 rings (SSSR count). The lowest BCUT2D eigenvalue weighted by atomic mass is 9.67. The van der Waals surface area contributed by atoms with E-state index in [2.05, 4.69) is 264 Å². The monoisotopic (exact) mass is 802 g/mol. The summed E-state index contributed by atoms with van der Waals surface area (Å²) < 4.78 is 2.42. The highest BCUT2D eigenvalue weighted by molar-refractivity contribution is 6.16. The molecule has 0 fully saturated rings. The zero-order chi connectivity index (χ0) is 41.7. The van der Waals surface area contributed by atoms with E-state index in [4.69, 9.17) is 0 Å². The number of anilines is 3. The molecule has 0 saturated heterocycles. The van der Waals surface area contributed by atoms with Crippen molar-refractivity contribution in [2.75, 3.05) is 4.90 Å². The number of fused-ring (bicyclic) bond motifs is 6. The Bertz CT molecular complexity index is 3370. The summed E-state index contributed by atoms with van der Waals surface area (Å²) in [6.07, 6.45) is 0. The second-order valence-corrected chi connectivity index (χ2v) is 16.4. The highest BCUT2D eigenvalue weighted by Gasteiger charge is 2.46. The summed E-state index contributed by atoms with van der Waals surface area (Å²) in [5.74, 6) is 0. The Kier molecular flexibility index (Phi) is 8.76. The van der Waals surface area contributed by atoms with Crippen LogP contribution in [0.1, 0.15) is 22.3 Å². The lowest BCUT2D eigenvalue weighted by Gasteiger charge is -2.35. The van der Waals surface area contributed by atoms with Crippen LogP contribution in [0.4, 0.5) is 17.1 Å². The summed E-state index contributed by atoms with van der Waals surface area (Å²) in [7, 11) is 0. The molecule has 2 nitrogen and oxygen atoms in total. The molecular formula is C61H42N2. The van der Waals surface area contributed by atoms with Gasteiger partial charge in [0, 0.05) is 33.5 Å². The number of rotatable bonds is 8. The Balaban J connectivity index is 1.13. The van der Waals surface area contributed by atoms with Crippen molar-refractivity contribution in [3.05, 3.63) is 277 Å². The number of para-hydroxylation sites is 1. The van der Waals surface area contributed by atoms with Gasteiger partial charge in [0.05, 0.1) is 16.4 Å². The fourth-order valence-corrected chi connectivity index (χ4v) is 10.4. The van der Waals surface area contributed by atoms with Gasteiger partial charge in [-0.3, -0.25) is 0 Å². The highest BCUT2D eigenvalue weighted by Crippen LogP contribution is 2.57. The predicted octanol–water partition coefficient (Wildman–Crippen LogP) is 16.0. The fourth-order valence-electron chi connectivity index (χ4n) is 10.4. The van der Waals surface area contributed by atoms with E-state index in [1.807, 2.05) is 0 Å². The smallest absolute Gasteiger partial charge is 0.0714 e. The quantitative estimate of drug-likeness (QED) is 0.149. The third-order valence-electron chi connectivity index (χ3n) is 13.1.